The molecule has 0 amide bonds. The number of benzene rings is 3. The van der Waals surface area contributed by atoms with Gasteiger partial charge in [-0.3, -0.25) is 4.79 Å². The summed E-state index contributed by atoms with van der Waals surface area (Å²) in [5.74, 6) is 0.0456. The Morgan fingerprint density at radius 2 is 1.59 bits per heavy atom. The van der Waals surface area contributed by atoms with Crippen LogP contribution in [0, 0.1) is 0 Å². The molecule has 6 heteroatoms. The van der Waals surface area contributed by atoms with Gasteiger partial charge in [-0.2, -0.15) is 0 Å². The minimum Gasteiger partial charge on any atom is -0.454 e. The molecule has 0 spiro atoms. The number of thioether (sulfide) groups is 1. The third kappa shape index (κ3) is 4.91. The van der Waals surface area contributed by atoms with Crippen molar-refractivity contribution < 1.29 is 14.3 Å². The van der Waals surface area contributed by atoms with Gasteiger partial charge in [-0.15, -0.1) is 11.3 Å². The fourth-order valence-corrected chi connectivity index (χ4v) is 4.74. The number of hydrogen-bond acceptors (Lipinski definition) is 6. The first-order chi connectivity index (χ1) is 14.2. The van der Waals surface area contributed by atoms with Crippen molar-refractivity contribution in [2.24, 2.45) is 0 Å². The highest BCUT2D eigenvalue weighted by atomic mass is 32.2. The molecule has 0 radical (unpaired) electrons. The second kappa shape index (κ2) is 9.03. The highest BCUT2D eigenvalue weighted by Gasteiger charge is 2.12. The first-order valence-electron chi connectivity index (χ1n) is 9.02. The van der Waals surface area contributed by atoms with E-state index in [0.717, 1.165) is 21.2 Å². The first kappa shape index (κ1) is 19.4. The van der Waals surface area contributed by atoms with E-state index in [1.54, 1.807) is 59.5 Å². The molecule has 4 nitrogen and oxygen atoms in total. The van der Waals surface area contributed by atoms with Crippen LogP contribution in [0.2, 0.25) is 0 Å². The number of para-hydroxylation sites is 1. The summed E-state index contributed by atoms with van der Waals surface area (Å²) in [5.41, 5.74) is 3.07. The molecule has 0 N–H and O–H groups in total. The number of carbonyl (C=O) groups excluding carboxylic acids is 2. The monoisotopic (exact) mass is 419 g/mol. The van der Waals surface area contributed by atoms with Crippen molar-refractivity contribution >= 4 is 45.1 Å². The van der Waals surface area contributed by atoms with Gasteiger partial charge < -0.3 is 4.74 Å². The molecule has 0 saturated carbocycles. The number of Topliss-reactive ketones (excluding diaryl/α,β-unsaturated/α-hetero) is 1. The second-order valence-corrected chi connectivity index (χ2v) is 8.55. The molecule has 0 aliphatic rings. The lowest BCUT2D eigenvalue weighted by Gasteiger charge is -2.05. The molecule has 4 rings (SSSR count). The van der Waals surface area contributed by atoms with Crippen LogP contribution >= 0.6 is 23.1 Å². The largest absolute Gasteiger partial charge is 0.454 e. The number of esters is 1. The quantitative estimate of drug-likeness (QED) is 0.221. The molecule has 0 atom stereocenters. The van der Waals surface area contributed by atoms with E-state index in [-0.39, 0.29) is 12.4 Å². The second-order valence-electron chi connectivity index (χ2n) is 6.30. The lowest BCUT2D eigenvalue weighted by atomic mass is 10.1. The number of rotatable bonds is 7. The average molecular weight is 420 g/mol. The van der Waals surface area contributed by atoms with Crippen molar-refractivity contribution in [1.29, 1.82) is 0 Å². The minimum atomic E-state index is -0.500. The Labute approximate surface area is 176 Å². The molecular formula is C23H17NO3S2. The first-order valence-corrected chi connectivity index (χ1v) is 10.8. The van der Waals surface area contributed by atoms with Crippen LogP contribution in [0.3, 0.4) is 0 Å². The van der Waals surface area contributed by atoms with E-state index < -0.39 is 5.97 Å². The summed E-state index contributed by atoms with van der Waals surface area (Å²) in [7, 11) is 0. The van der Waals surface area contributed by atoms with Crippen LogP contribution in [-0.2, 0) is 10.5 Å². The summed E-state index contributed by atoms with van der Waals surface area (Å²) >= 11 is 3.35. The van der Waals surface area contributed by atoms with Crippen LogP contribution in [-0.4, -0.2) is 23.3 Å². The van der Waals surface area contributed by atoms with Gasteiger partial charge in [-0.05, 0) is 29.8 Å². The number of ketones is 1. The van der Waals surface area contributed by atoms with E-state index in [1.807, 2.05) is 36.4 Å². The van der Waals surface area contributed by atoms with Gasteiger partial charge >= 0.3 is 5.97 Å². The zero-order valence-electron chi connectivity index (χ0n) is 15.4. The van der Waals surface area contributed by atoms with Gasteiger partial charge in [0.15, 0.2) is 16.7 Å². The van der Waals surface area contributed by atoms with E-state index >= 15 is 0 Å². The van der Waals surface area contributed by atoms with Gasteiger partial charge in [0.25, 0.3) is 0 Å². The maximum atomic E-state index is 12.2. The Balaban J connectivity index is 1.31. The van der Waals surface area contributed by atoms with Gasteiger partial charge in [-0.25, -0.2) is 9.78 Å². The Hall–Kier alpha value is -2.96. The number of aromatic nitrogens is 1. The molecule has 144 valence electrons. The van der Waals surface area contributed by atoms with E-state index in [1.165, 1.54) is 4.70 Å². The molecule has 0 saturated heterocycles. The summed E-state index contributed by atoms with van der Waals surface area (Å²) in [6.45, 7) is -0.266. The summed E-state index contributed by atoms with van der Waals surface area (Å²) in [6, 6.07) is 24.1. The van der Waals surface area contributed by atoms with E-state index in [4.69, 9.17) is 4.74 Å². The topological polar surface area (TPSA) is 56.3 Å². The lowest BCUT2D eigenvalue weighted by Crippen LogP contribution is -2.14. The van der Waals surface area contributed by atoms with Gasteiger partial charge in [0.1, 0.15) is 0 Å². The summed E-state index contributed by atoms with van der Waals surface area (Å²) < 4.78 is 7.35. The van der Waals surface area contributed by atoms with Crippen molar-refractivity contribution in [1.82, 2.24) is 4.98 Å². The van der Waals surface area contributed by atoms with Crippen molar-refractivity contribution in [3.63, 3.8) is 0 Å². The van der Waals surface area contributed by atoms with Crippen molar-refractivity contribution in [3.05, 3.63) is 95.6 Å². The highest BCUT2D eigenvalue weighted by Crippen LogP contribution is 2.31. The molecule has 1 heterocycles. The Morgan fingerprint density at radius 1 is 0.862 bits per heavy atom. The van der Waals surface area contributed by atoms with Gasteiger partial charge in [-0.1, -0.05) is 66.4 Å². The van der Waals surface area contributed by atoms with Gasteiger partial charge in [0.05, 0.1) is 15.8 Å². The Kier molecular flexibility index (Phi) is 6.03. The zero-order valence-corrected chi connectivity index (χ0v) is 17.0. The standard InChI is InChI=1S/C23H17NO3S2/c25-20(17-6-2-1-3-7-17)14-27-22(26)18-12-10-16(11-13-18)15-28-23-24-19-8-4-5-9-21(19)29-23/h1-13H,14-15H2. The fraction of sp³-hybridized carbons (Fsp3) is 0.0870. The lowest BCUT2D eigenvalue weighted by molar-refractivity contribution is 0.0475. The molecule has 1 aromatic heterocycles. The number of hydrogen-bond donors (Lipinski definition) is 0. The van der Waals surface area contributed by atoms with Crippen LogP contribution in [0.15, 0.2) is 83.2 Å². The Morgan fingerprint density at radius 3 is 2.34 bits per heavy atom. The maximum Gasteiger partial charge on any atom is 0.338 e. The van der Waals surface area contributed by atoms with Crippen molar-refractivity contribution in [3.8, 4) is 0 Å². The molecule has 4 aromatic rings. The number of carbonyl (C=O) groups is 2. The minimum absolute atomic E-state index is 0.220. The normalized spacial score (nSPS) is 10.8. The van der Waals surface area contributed by atoms with E-state index in [2.05, 4.69) is 11.1 Å². The average Bonchev–Trinajstić information content (AvgIpc) is 3.20. The smallest absolute Gasteiger partial charge is 0.338 e. The molecule has 0 fully saturated rings. The summed E-state index contributed by atoms with van der Waals surface area (Å²) in [6.07, 6.45) is 0. The van der Waals surface area contributed by atoms with E-state index in [0.29, 0.717) is 11.1 Å². The molecule has 0 bridgehead atoms. The summed E-state index contributed by atoms with van der Waals surface area (Å²) in [5, 5.41) is 0. The van der Waals surface area contributed by atoms with Crippen LogP contribution in [0.5, 0.6) is 0 Å². The molecule has 0 aliphatic carbocycles. The van der Waals surface area contributed by atoms with Crippen LogP contribution in [0.4, 0.5) is 0 Å². The number of nitrogens with zero attached hydrogens (tertiary/aromatic N) is 1. The predicted molar refractivity (Wildman–Crippen MR) is 117 cm³/mol. The zero-order chi connectivity index (χ0) is 20.1. The fourth-order valence-electron chi connectivity index (χ4n) is 2.72. The SMILES string of the molecule is O=C(COC(=O)c1ccc(CSc2nc3ccccc3s2)cc1)c1ccccc1. The van der Waals surface area contributed by atoms with E-state index in [9.17, 15) is 9.59 Å². The predicted octanol–water partition coefficient (Wildman–Crippen LogP) is 5.63. The molecule has 0 unspecified atom stereocenters. The third-order valence-electron chi connectivity index (χ3n) is 4.26. The van der Waals surface area contributed by atoms with Gasteiger partial charge in [0.2, 0.25) is 0 Å². The van der Waals surface area contributed by atoms with Gasteiger partial charge in [0, 0.05) is 11.3 Å². The number of ether oxygens (including phenoxy) is 1. The van der Waals surface area contributed by atoms with Crippen LogP contribution < -0.4 is 0 Å². The Bertz CT molecular complexity index is 1100. The van der Waals surface area contributed by atoms with Crippen molar-refractivity contribution in [2.75, 3.05) is 6.61 Å². The molecular weight excluding hydrogens is 402 g/mol. The van der Waals surface area contributed by atoms with Crippen LogP contribution in [0.1, 0.15) is 26.3 Å². The highest BCUT2D eigenvalue weighted by molar-refractivity contribution is 8.00. The third-order valence-corrected chi connectivity index (χ3v) is 6.51. The number of fused-ring (bicyclic) bond motifs is 1. The molecule has 0 aliphatic heterocycles. The maximum absolute atomic E-state index is 12.2. The molecule has 3 aromatic carbocycles. The number of thiazole rings is 1. The summed E-state index contributed by atoms with van der Waals surface area (Å²) in [4.78, 5) is 28.8. The van der Waals surface area contributed by atoms with Crippen molar-refractivity contribution in [2.45, 2.75) is 10.1 Å². The van der Waals surface area contributed by atoms with Crippen LogP contribution in [0.25, 0.3) is 10.2 Å². The molecule has 29 heavy (non-hydrogen) atoms.